The Kier molecular flexibility index (Phi) is 5.24. The molecule has 4 heteroatoms. The largest absolute Gasteiger partial charge is 0.325 e. The monoisotopic (exact) mass is 310 g/mol. The minimum Gasteiger partial charge on any atom is -0.325 e. The molecule has 2 rings (SSSR count). The molecule has 0 spiro atoms. The number of nitrogens with one attached hydrogen (secondary N) is 1. The zero-order valence-corrected chi connectivity index (χ0v) is 13.7. The van der Waals surface area contributed by atoms with Crippen LogP contribution < -0.4 is 5.32 Å². The van der Waals surface area contributed by atoms with Gasteiger partial charge in [0.1, 0.15) is 0 Å². The average molecular weight is 310 g/mol. The second-order valence-electron chi connectivity index (χ2n) is 5.21. The van der Waals surface area contributed by atoms with E-state index in [9.17, 15) is 4.79 Å². The first-order chi connectivity index (χ1) is 10.5. The molecule has 0 radical (unpaired) electrons. The molecule has 112 valence electrons. The third-order valence-corrected chi connectivity index (χ3v) is 4.54. The van der Waals surface area contributed by atoms with Gasteiger partial charge in [-0.1, -0.05) is 23.8 Å². The topological polar surface area (TPSA) is 52.9 Å². The van der Waals surface area contributed by atoms with Crippen molar-refractivity contribution in [2.75, 3.05) is 5.32 Å². The van der Waals surface area contributed by atoms with Crippen LogP contribution in [0, 0.1) is 25.2 Å². The van der Waals surface area contributed by atoms with Crippen LogP contribution in [0.3, 0.4) is 0 Å². The molecule has 0 aliphatic rings. The van der Waals surface area contributed by atoms with E-state index in [2.05, 4.69) is 29.6 Å². The van der Waals surface area contributed by atoms with Crippen molar-refractivity contribution < 1.29 is 4.79 Å². The number of thioether (sulfide) groups is 1. The number of carbonyl (C=O) groups excluding carboxylic acids is 1. The number of nitrogens with zero attached hydrogens (tertiary/aromatic N) is 1. The molecule has 3 nitrogen and oxygen atoms in total. The first kappa shape index (κ1) is 16.1. The van der Waals surface area contributed by atoms with Crippen molar-refractivity contribution in [3.05, 3.63) is 59.2 Å². The Hall–Kier alpha value is -2.25. The summed E-state index contributed by atoms with van der Waals surface area (Å²) in [6, 6.07) is 15.2. The van der Waals surface area contributed by atoms with Crippen LogP contribution in [0.1, 0.15) is 23.6 Å². The van der Waals surface area contributed by atoms with Crippen molar-refractivity contribution in [3.8, 4) is 6.07 Å². The number of benzene rings is 2. The lowest BCUT2D eigenvalue weighted by Gasteiger charge is -2.14. The number of anilines is 1. The smallest absolute Gasteiger partial charge is 0.237 e. The Labute approximate surface area is 135 Å². The highest BCUT2D eigenvalue weighted by atomic mass is 32.2. The minimum atomic E-state index is -0.216. The van der Waals surface area contributed by atoms with Gasteiger partial charge in [0.2, 0.25) is 5.91 Å². The van der Waals surface area contributed by atoms with E-state index in [0.29, 0.717) is 11.3 Å². The van der Waals surface area contributed by atoms with E-state index in [0.717, 1.165) is 4.90 Å². The van der Waals surface area contributed by atoms with Gasteiger partial charge in [0.15, 0.2) is 0 Å². The second-order valence-corrected chi connectivity index (χ2v) is 6.59. The lowest BCUT2D eigenvalue weighted by Crippen LogP contribution is -2.22. The normalized spacial score (nSPS) is 11.5. The van der Waals surface area contributed by atoms with Gasteiger partial charge in [0.05, 0.1) is 16.9 Å². The summed E-state index contributed by atoms with van der Waals surface area (Å²) in [7, 11) is 0. The summed E-state index contributed by atoms with van der Waals surface area (Å²) >= 11 is 1.54. The maximum atomic E-state index is 12.3. The number of amides is 1. The second kappa shape index (κ2) is 7.15. The number of carbonyl (C=O) groups is 1. The van der Waals surface area contributed by atoms with Crippen LogP contribution in [-0.2, 0) is 4.79 Å². The van der Waals surface area contributed by atoms with Gasteiger partial charge >= 0.3 is 0 Å². The van der Waals surface area contributed by atoms with Crippen LogP contribution in [0.5, 0.6) is 0 Å². The van der Waals surface area contributed by atoms with Gasteiger partial charge in [-0.3, -0.25) is 4.79 Å². The molecule has 0 saturated carbocycles. The van der Waals surface area contributed by atoms with Crippen LogP contribution in [0.25, 0.3) is 0 Å². The van der Waals surface area contributed by atoms with Crippen molar-refractivity contribution in [2.24, 2.45) is 0 Å². The number of rotatable bonds is 4. The predicted molar refractivity (Wildman–Crippen MR) is 91.0 cm³/mol. The summed E-state index contributed by atoms with van der Waals surface area (Å²) in [5.41, 5.74) is 3.54. The molecule has 1 amide bonds. The van der Waals surface area contributed by atoms with Crippen LogP contribution in [0.15, 0.2) is 47.4 Å². The fourth-order valence-electron chi connectivity index (χ4n) is 1.99. The molecule has 0 saturated heterocycles. The zero-order chi connectivity index (χ0) is 16.1. The molecule has 0 fully saturated rings. The van der Waals surface area contributed by atoms with Crippen molar-refractivity contribution in [1.82, 2.24) is 0 Å². The summed E-state index contributed by atoms with van der Waals surface area (Å²) in [6.07, 6.45) is 0. The summed E-state index contributed by atoms with van der Waals surface area (Å²) in [4.78, 5) is 13.4. The minimum absolute atomic E-state index is 0.0685. The number of hydrogen-bond donors (Lipinski definition) is 1. The van der Waals surface area contributed by atoms with Crippen molar-refractivity contribution in [3.63, 3.8) is 0 Å². The third kappa shape index (κ3) is 4.12. The number of nitriles is 1. The van der Waals surface area contributed by atoms with Crippen molar-refractivity contribution >= 4 is 23.4 Å². The molecule has 0 aromatic heterocycles. The van der Waals surface area contributed by atoms with Crippen LogP contribution >= 0.6 is 11.8 Å². The highest BCUT2D eigenvalue weighted by Crippen LogP contribution is 2.28. The fourth-order valence-corrected chi connectivity index (χ4v) is 3.04. The van der Waals surface area contributed by atoms with Gasteiger partial charge < -0.3 is 5.32 Å². The first-order valence-electron chi connectivity index (χ1n) is 7.04. The maximum Gasteiger partial charge on any atom is 0.237 e. The summed E-state index contributed by atoms with van der Waals surface area (Å²) < 4.78 is 0. The van der Waals surface area contributed by atoms with Gasteiger partial charge in [-0.2, -0.15) is 5.26 Å². The molecule has 2 aromatic carbocycles. The van der Waals surface area contributed by atoms with Crippen LogP contribution in [-0.4, -0.2) is 11.2 Å². The van der Waals surface area contributed by atoms with Crippen LogP contribution in [0.4, 0.5) is 5.69 Å². The molecule has 1 atom stereocenters. The number of aryl methyl sites for hydroxylation is 2. The van der Waals surface area contributed by atoms with Gasteiger partial charge in [-0.05, 0) is 50.6 Å². The molecule has 0 bridgehead atoms. The van der Waals surface area contributed by atoms with Gasteiger partial charge in [0.25, 0.3) is 0 Å². The summed E-state index contributed by atoms with van der Waals surface area (Å²) in [5.74, 6) is -0.0685. The first-order valence-corrected chi connectivity index (χ1v) is 7.92. The van der Waals surface area contributed by atoms with E-state index < -0.39 is 0 Å². The Morgan fingerprint density at radius 3 is 2.73 bits per heavy atom. The van der Waals surface area contributed by atoms with E-state index in [1.807, 2.05) is 20.8 Å². The average Bonchev–Trinajstić information content (AvgIpc) is 2.51. The lowest BCUT2D eigenvalue weighted by molar-refractivity contribution is -0.115. The van der Waals surface area contributed by atoms with Gasteiger partial charge in [-0.25, -0.2) is 0 Å². The van der Waals surface area contributed by atoms with E-state index in [4.69, 9.17) is 5.26 Å². The molecule has 1 unspecified atom stereocenters. The van der Waals surface area contributed by atoms with Crippen LogP contribution in [0.2, 0.25) is 0 Å². The molecule has 0 heterocycles. The SMILES string of the molecule is Cc1ccc(C)c(SC(C)C(=O)Nc2cccc(C#N)c2)c1. The quantitative estimate of drug-likeness (QED) is 0.857. The third-order valence-electron chi connectivity index (χ3n) is 3.28. The Bertz CT molecular complexity index is 734. The maximum absolute atomic E-state index is 12.3. The fraction of sp³-hybridized carbons (Fsp3) is 0.222. The predicted octanol–water partition coefficient (Wildman–Crippen LogP) is 4.29. The number of hydrogen-bond acceptors (Lipinski definition) is 3. The molecule has 0 aliphatic heterocycles. The molecular formula is C18H18N2OS. The van der Waals surface area contributed by atoms with E-state index in [-0.39, 0.29) is 11.2 Å². The Morgan fingerprint density at radius 2 is 2.00 bits per heavy atom. The zero-order valence-electron chi connectivity index (χ0n) is 12.9. The molecule has 1 N–H and O–H groups in total. The van der Waals surface area contributed by atoms with E-state index in [1.165, 1.54) is 11.1 Å². The Balaban J connectivity index is 2.06. The van der Waals surface area contributed by atoms with E-state index in [1.54, 1.807) is 36.0 Å². The summed E-state index contributed by atoms with van der Waals surface area (Å²) in [6.45, 7) is 5.97. The summed E-state index contributed by atoms with van der Waals surface area (Å²) in [5, 5.41) is 11.5. The molecule has 22 heavy (non-hydrogen) atoms. The van der Waals surface area contributed by atoms with Gasteiger partial charge in [-0.15, -0.1) is 11.8 Å². The Morgan fingerprint density at radius 1 is 1.23 bits per heavy atom. The van der Waals surface area contributed by atoms with Crippen molar-refractivity contribution in [1.29, 1.82) is 5.26 Å². The molecule has 0 aliphatic carbocycles. The van der Waals surface area contributed by atoms with E-state index >= 15 is 0 Å². The lowest BCUT2D eigenvalue weighted by atomic mass is 10.2. The highest BCUT2D eigenvalue weighted by molar-refractivity contribution is 8.00. The molecular weight excluding hydrogens is 292 g/mol. The highest BCUT2D eigenvalue weighted by Gasteiger charge is 2.16. The molecule has 2 aromatic rings. The van der Waals surface area contributed by atoms with Gasteiger partial charge in [0, 0.05) is 10.6 Å². The standard InChI is InChI=1S/C18H18N2OS/c1-12-7-8-13(2)17(9-12)22-14(3)18(21)20-16-6-4-5-15(10-16)11-19/h4-10,14H,1-3H3,(H,20,21). The van der Waals surface area contributed by atoms with Crippen molar-refractivity contribution in [2.45, 2.75) is 30.9 Å².